The number of esters is 1. The Hall–Kier alpha value is -3.76. The van der Waals surface area contributed by atoms with Crippen LogP contribution >= 0.6 is 11.3 Å². The van der Waals surface area contributed by atoms with E-state index in [9.17, 15) is 19.7 Å². The summed E-state index contributed by atoms with van der Waals surface area (Å²) in [6.45, 7) is 3.80. The number of amides is 1. The zero-order chi connectivity index (χ0) is 24.1. The molecule has 0 unspecified atom stereocenters. The minimum atomic E-state index is -0.659. The highest BCUT2D eigenvalue weighted by atomic mass is 32.1. The number of morpholine rings is 1. The second-order valence-corrected chi connectivity index (χ2v) is 8.73. The van der Waals surface area contributed by atoms with E-state index in [1.165, 1.54) is 23.5 Å². The molecule has 9 nitrogen and oxygen atoms in total. The number of thiophene rings is 1. The molecule has 34 heavy (non-hydrogen) atoms. The maximum absolute atomic E-state index is 12.8. The first-order chi connectivity index (χ1) is 16.4. The Morgan fingerprint density at radius 1 is 1.15 bits per heavy atom. The number of rotatable bonds is 7. The van der Waals surface area contributed by atoms with Crippen molar-refractivity contribution in [2.75, 3.05) is 43.1 Å². The lowest BCUT2D eigenvalue weighted by molar-refractivity contribution is -0.384. The molecule has 2 aromatic carbocycles. The quantitative estimate of drug-likeness (QED) is 0.305. The first-order valence-electron chi connectivity index (χ1n) is 10.7. The molecule has 1 N–H and O–H groups in total. The summed E-state index contributed by atoms with van der Waals surface area (Å²) in [6.07, 6.45) is 0. The third kappa shape index (κ3) is 5.41. The summed E-state index contributed by atoms with van der Waals surface area (Å²) in [5.74, 6) is -1.29. The van der Waals surface area contributed by atoms with E-state index < -0.39 is 23.4 Å². The molecule has 1 amide bonds. The number of nitrogens with zero attached hydrogens (tertiary/aromatic N) is 2. The van der Waals surface area contributed by atoms with Gasteiger partial charge < -0.3 is 19.7 Å². The lowest BCUT2D eigenvalue weighted by atomic mass is 10.1. The summed E-state index contributed by atoms with van der Waals surface area (Å²) in [7, 11) is 0. The summed E-state index contributed by atoms with van der Waals surface area (Å²) >= 11 is 1.31. The van der Waals surface area contributed by atoms with Crippen molar-refractivity contribution >= 4 is 39.6 Å². The van der Waals surface area contributed by atoms with E-state index in [2.05, 4.69) is 10.2 Å². The number of anilines is 2. The average Bonchev–Trinajstić information content (AvgIpc) is 3.30. The minimum Gasteiger partial charge on any atom is -0.451 e. The van der Waals surface area contributed by atoms with Gasteiger partial charge in [-0.1, -0.05) is 36.4 Å². The Kier molecular flexibility index (Phi) is 7.19. The molecular weight excluding hydrogens is 458 g/mol. The van der Waals surface area contributed by atoms with Crippen LogP contribution in [0.5, 0.6) is 0 Å². The Morgan fingerprint density at radius 2 is 1.88 bits per heavy atom. The fourth-order valence-corrected chi connectivity index (χ4v) is 4.72. The molecule has 0 radical (unpaired) electrons. The molecule has 1 aromatic heterocycles. The normalized spacial score (nSPS) is 13.4. The maximum atomic E-state index is 12.8. The first kappa shape index (κ1) is 23.4. The number of ether oxygens (including phenoxy) is 2. The third-order valence-corrected chi connectivity index (χ3v) is 6.43. The summed E-state index contributed by atoms with van der Waals surface area (Å²) in [5.41, 5.74) is 2.41. The van der Waals surface area contributed by atoms with E-state index in [-0.39, 0.29) is 11.4 Å². The van der Waals surface area contributed by atoms with Gasteiger partial charge in [0, 0.05) is 24.7 Å². The van der Waals surface area contributed by atoms with Gasteiger partial charge in [-0.3, -0.25) is 14.9 Å². The monoisotopic (exact) mass is 481 g/mol. The largest absolute Gasteiger partial charge is 0.451 e. The average molecular weight is 482 g/mol. The van der Waals surface area contributed by atoms with Crippen molar-refractivity contribution in [3.8, 4) is 11.1 Å². The second kappa shape index (κ2) is 10.4. The van der Waals surface area contributed by atoms with Crippen LogP contribution in [0.2, 0.25) is 0 Å². The van der Waals surface area contributed by atoms with Crippen LogP contribution in [-0.4, -0.2) is 49.7 Å². The molecule has 10 heteroatoms. The van der Waals surface area contributed by atoms with Gasteiger partial charge in [-0.2, -0.15) is 0 Å². The predicted molar refractivity (Wildman–Crippen MR) is 130 cm³/mol. The smallest absolute Gasteiger partial charge is 0.348 e. The highest BCUT2D eigenvalue weighted by Crippen LogP contribution is 2.39. The van der Waals surface area contributed by atoms with Gasteiger partial charge in [0.15, 0.2) is 6.61 Å². The molecule has 0 aliphatic carbocycles. The molecule has 1 aliphatic heterocycles. The van der Waals surface area contributed by atoms with Crippen LogP contribution in [0.25, 0.3) is 11.1 Å². The van der Waals surface area contributed by atoms with E-state index in [4.69, 9.17) is 9.47 Å². The van der Waals surface area contributed by atoms with Crippen LogP contribution in [0.1, 0.15) is 15.2 Å². The van der Waals surface area contributed by atoms with Crippen LogP contribution in [0.15, 0.2) is 54.6 Å². The zero-order valence-electron chi connectivity index (χ0n) is 18.5. The highest BCUT2D eigenvalue weighted by molar-refractivity contribution is 7.18. The Labute approximate surface area is 200 Å². The predicted octanol–water partition coefficient (Wildman–Crippen LogP) is 4.26. The SMILES string of the molecule is Cc1ccc(NC(=O)COC(=O)c2cc(-c3ccccc3)c(N3CCOCC3)s2)c([N+](=O)[O-])c1. The van der Waals surface area contributed by atoms with Crippen LogP contribution in [-0.2, 0) is 14.3 Å². The molecule has 176 valence electrons. The number of nitro benzene ring substituents is 1. The summed E-state index contributed by atoms with van der Waals surface area (Å²) in [5, 5.41) is 14.6. The number of hydrogen-bond donors (Lipinski definition) is 1. The summed E-state index contributed by atoms with van der Waals surface area (Å²) in [4.78, 5) is 38.3. The van der Waals surface area contributed by atoms with Crippen molar-refractivity contribution in [1.82, 2.24) is 0 Å². The fraction of sp³-hybridized carbons (Fsp3) is 0.250. The van der Waals surface area contributed by atoms with Crippen LogP contribution in [0.3, 0.4) is 0 Å². The van der Waals surface area contributed by atoms with E-state index >= 15 is 0 Å². The van der Waals surface area contributed by atoms with Gasteiger partial charge in [0.2, 0.25) is 0 Å². The first-order valence-corrected chi connectivity index (χ1v) is 11.5. The summed E-state index contributed by atoms with van der Waals surface area (Å²) in [6, 6.07) is 16.0. The van der Waals surface area contributed by atoms with Gasteiger partial charge in [-0.15, -0.1) is 11.3 Å². The van der Waals surface area contributed by atoms with Gasteiger partial charge in [-0.25, -0.2) is 4.79 Å². The fourth-order valence-electron chi connectivity index (χ4n) is 3.59. The second-order valence-electron chi connectivity index (χ2n) is 7.70. The van der Waals surface area contributed by atoms with Crippen molar-refractivity contribution in [3.05, 3.63) is 75.2 Å². The molecule has 0 atom stereocenters. The van der Waals surface area contributed by atoms with Gasteiger partial charge in [-0.05, 0) is 30.2 Å². The number of nitrogens with one attached hydrogen (secondary N) is 1. The lowest BCUT2D eigenvalue weighted by Crippen LogP contribution is -2.35. The van der Waals surface area contributed by atoms with Crippen LogP contribution in [0.4, 0.5) is 16.4 Å². The Bertz CT molecular complexity index is 1200. The van der Waals surface area contributed by atoms with Gasteiger partial charge in [0.25, 0.3) is 11.6 Å². The van der Waals surface area contributed by atoms with Crippen molar-refractivity contribution in [2.45, 2.75) is 6.92 Å². The molecule has 1 fully saturated rings. The van der Waals surface area contributed by atoms with Gasteiger partial charge >= 0.3 is 5.97 Å². The van der Waals surface area contributed by atoms with Crippen molar-refractivity contribution in [2.24, 2.45) is 0 Å². The molecule has 4 rings (SSSR count). The molecule has 1 saturated heterocycles. The van der Waals surface area contributed by atoms with Crippen LogP contribution < -0.4 is 10.2 Å². The third-order valence-electron chi connectivity index (χ3n) is 5.26. The van der Waals surface area contributed by atoms with Crippen molar-refractivity contribution in [1.29, 1.82) is 0 Å². The number of benzene rings is 2. The van der Waals surface area contributed by atoms with E-state index in [0.717, 1.165) is 16.1 Å². The molecular formula is C24H23N3O6S. The number of carbonyl (C=O) groups is 2. The van der Waals surface area contributed by atoms with E-state index in [0.29, 0.717) is 36.7 Å². The maximum Gasteiger partial charge on any atom is 0.348 e. The topological polar surface area (TPSA) is 111 Å². The zero-order valence-corrected chi connectivity index (χ0v) is 19.3. The molecule has 1 aliphatic rings. The van der Waals surface area contributed by atoms with Gasteiger partial charge in [0.05, 0.1) is 23.1 Å². The van der Waals surface area contributed by atoms with E-state index in [1.54, 1.807) is 19.1 Å². The standard InChI is InChI=1S/C24H23N3O6S/c1-16-7-8-19(20(13-16)27(30)31)25-22(28)15-33-24(29)21-14-18(17-5-3-2-4-6-17)23(34-21)26-9-11-32-12-10-26/h2-8,13-14H,9-12,15H2,1H3,(H,25,28). The summed E-state index contributed by atoms with van der Waals surface area (Å²) < 4.78 is 10.7. The number of nitro groups is 1. The lowest BCUT2D eigenvalue weighted by Gasteiger charge is -2.28. The van der Waals surface area contributed by atoms with E-state index in [1.807, 2.05) is 30.3 Å². The van der Waals surface area contributed by atoms with Gasteiger partial charge in [0.1, 0.15) is 10.6 Å². The molecule has 0 saturated carbocycles. The van der Waals surface area contributed by atoms with Crippen LogP contribution in [0, 0.1) is 17.0 Å². The Balaban J connectivity index is 1.47. The van der Waals surface area contributed by atoms with Crippen molar-refractivity contribution < 1.29 is 24.0 Å². The number of aryl methyl sites for hydroxylation is 1. The minimum absolute atomic E-state index is 0.0498. The van der Waals surface area contributed by atoms with Crippen molar-refractivity contribution in [3.63, 3.8) is 0 Å². The molecule has 0 bridgehead atoms. The molecule has 2 heterocycles. The highest BCUT2D eigenvalue weighted by Gasteiger charge is 2.23. The number of hydrogen-bond acceptors (Lipinski definition) is 8. The molecule has 0 spiro atoms. The molecule has 3 aromatic rings. The number of carbonyl (C=O) groups excluding carboxylic acids is 2. The Morgan fingerprint density at radius 3 is 2.59 bits per heavy atom.